The Balaban J connectivity index is 2.08. The van der Waals surface area contributed by atoms with E-state index in [2.05, 4.69) is 0 Å². The van der Waals surface area contributed by atoms with Crippen LogP contribution in [0, 0.1) is 22.7 Å². The molecule has 0 aliphatic heterocycles. The lowest BCUT2D eigenvalue weighted by molar-refractivity contribution is 0.212. The summed E-state index contributed by atoms with van der Waals surface area (Å²) in [7, 11) is 0. The third-order valence-corrected chi connectivity index (χ3v) is 2.14. The minimum Gasteiger partial charge on any atom is -0.491 e. The first-order chi connectivity index (χ1) is 8.33. The second-order valence-electron chi connectivity index (χ2n) is 3.32. The molecule has 0 amide bonds. The average Bonchev–Trinajstić information content (AvgIpc) is 2.77. The highest BCUT2D eigenvalue weighted by molar-refractivity contribution is 5.77. The summed E-state index contributed by atoms with van der Waals surface area (Å²) in [6, 6.07) is 12.9. The highest BCUT2D eigenvalue weighted by Crippen LogP contribution is 2.19. The van der Waals surface area contributed by atoms with Crippen LogP contribution in [0.3, 0.4) is 0 Å². The van der Waals surface area contributed by atoms with Gasteiger partial charge in [-0.05, 0) is 12.1 Å². The third-order valence-electron chi connectivity index (χ3n) is 2.14. The van der Waals surface area contributed by atoms with E-state index in [1.165, 1.54) is 0 Å². The number of nitrogens with zero attached hydrogens (tertiary/aromatic N) is 2. The van der Waals surface area contributed by atoms with Crippen LogP contribution in [0.1, 0.15) is 5.76 Å². The van der Waals surface area contributed by atoms with Gasteiger partial charge in [-0.25, -0.2) is 0 Å². The fourth-order valence-electron chi connectivity index (χ4n) is 1.39. The van der Waals surface area contributed by atoms with Crippen LogP contribution in [0.5, 0.6) is 0 Å². The quantitative estimate of drug-likeness (QED) is 0.593. The fourth-order valence-corrected chi connectivity index (χ4v) is 1.39. The molecule has 82 valence electrons. The second kappa shape index (κ2) is 4.87. The van der Waals surface area contributed by atoms with Crippen molar-refractivity contribution < 1.29 is 9.15 Å². The number of nitriles is 2. The minimum atomic E-state index is -0.0684. The molecule has 0 saturated carbocycles. The molecule has 4 nitrogen and oxygen atoms in total. The van der Waals surface area contributed by atoms with Crippen molar-refractivity contribution in [1.82, 2.24) is 0 Å². The molecule has 0 atom stereocenters. The van der Waals surface area contributed by atoms with Crippen molar-refractivity contribution in [2.45, 2.75) is 6.61 Å². The molecule has 1 aromatic heterocycles. The SMILES string of the molecule is N#CC(C#N)=COCc1cc2ccccc2o1. The molecule has 1 heterocycles. The van der Waals surface area contributed by atoms with Crippen LogP contribution in [0.2, 0.25) is 0 Å². The van der Waals surface area contributed by atoms with Crippen LogP contribution in [-0.4, -0.2) is 0 Å². The predicted octanol–water partition coefficient (Wildman–Crippen LogP) is 2.88. The van der Waals surface area contributed by atoms with Gasteiger partial charge in [0.2, 0.25) is 0 Å². The van der Waals surface area contributed by atoms with E-state index in [0.717, 1.165) is 17.2 Å². The van der Waals surface area contributed by atoms with Crippen molar-refractivity contribution in [2.75, 3.05) is 0 Å². The van der Waals surface area contributed by atoms with Crippen molar-refractivity contribution in [3.05, 3.63) is 47.9 Å². The van der Waals surface area contributed by atoms with Crippen molar-refractivity contribution in [3.8, 4) is 12.1 Å². The molecule has 17 heavy (non-hydrogen) atoms. The van der Waals surface area contributed by atoms with E-state index in [1.54, 1.807) is 12.1 Å². The minimum absolute atomic E-state index is 0.0684. The Morgan fingerprint density at radius 3 is 2.76 bits per heavy atom. The molecule has 0 bridgehead atoms. The van der Waals surface area contributed by atoms with E-state index in [0.29, 0.717) is 5.76 Å². The van der Waals surface area contributed by atoms with Gasteiger partial charge in [-0.1, -0.05) is 18.2 Å². The Morgan fingerprint density at radius 1 is 1.29 bits per heavy atom. The number of benzene rings is 1. The summed E-state index contributed by atoms with van der Waals surface area (Å²) in [5, 5.41) is 18.0. The molecule has 1 aromatic carbocycles. The lowest BCUT2D eigenvalue weighted by Gasteiger charge is -1.95. The summed E-state index contributed by atoms with van der Waals surface area (Å²) in [5.74, 6) is 0.651. The molecule has 2 rings (SSSR count). The summed E-state index contributed by atoms with van der Waals surface area (Å²) in [4.78, 5) is 0. The zero-order valence-corrected chi connectivity index (χ0v) is 8.88. The molecule has 0 unspecified atom stereocenters. The summed E-state index contributed by atoms with van der Waals surface area (Å²) in [6.45, 7) is 0.196. The Morgan fingerprint density at radius 2 is 2.06 bits per heavy atom. The van der Waals surface area contributed by atoms with Gasteiger partial charge in [0.05, 0.1) is 0 Å². The summed E-state index contributed by atoms with van der Waals surface area (Å²) < 4.78 is 10.6. The van der Waals surface area contributed by atoms with Gasteiger partial charge in [0, 0.05) is 5.39 Å². The van der Waals surface area contributed by atoms with Crippen molar-refractivity contribution in [1.29, 1.82) is 10.5 Å². The molecule has 0 saturated heterocycles. The number of furan rings is 1. The predicted molar refractivity (Wildman–Crippen MR) is 60.3 cm³/mol. The molecule has 0 spiro atoms. The average molecular weight is 224 g/mol. The van der Waals surface area contributed by atoms with Gasteiger partial charge in [-0.15, -0.1) is 0 Å². The summed E-state index contributed by atoms with van der Waals surface area (Å²) >= 11 is 0. The summed E-state index contributed by atoms with van der Waals surface area (Å²) in [6.07, 6.45) is 1.13. The monoisotopic (exact) mass is 224 g/mol. The maximum atomic E-state index is 8.49. The molecule has 2 aromatic rings. The molecule has 0 fully saturated rings. The lowest BCUT2D eigenvalue weighted by Crippen LogP contribution is -1.84. The topological polar surface area (TPSA) is 70.0 Å². The van der Waals surface area contributed by atoms with Crippen LogP contribution >= 0.6 is 0 Å². The lowest BCUT2D eigenvalue weighted by atomic mass is 10.2. The number of fused-ring (bicyclic) bond motifs is 1. The van der Waals surface area contributed by atoms with Gasteiger partial charge in [0.15, 0.2) is 5.57 Å². The van der Waals surface area contributed by atoms with E-state index >= 15 is 0 Å². The fraction of sp³-hybridized carbons (Fsp3) is 0.0769. The van der Waals surface area contributed by atoms with Gasteiger partial charge in [-0.3, -0.25) is 0 Å². The van der Waals surface area contributed by atoms with E-state index in [4.69, 9.17) is 19.7 Å². The van der Waals surface area contributed by atoms with E-state index in [-0.39, 0.29) is 12.2 Å². The van der Waals surface area contributed by atoms with Gasteiger partial charge in [0.1, 0.15) is 36.4 Å². The molecule has 0 N–H and O–H groups in total. The zero-order chi connectivity index (χ0) is 12.1. The zero-order valence-electron chi connectivity index (χ0n) is 8.88. The number of ether oxygens (including phenoxy) is 1. The van der Waals surface area contributed by atoms with Crippen LogP contribution in [-0.2, 0) is 11.3 Å². The van der Waals surface area contributed by atoms with Crippen molar-refractivity contribution in [3.63, 3.8) is 0 Å². The van der Waals surface area contributed by atoms with E-state index < -0.39 is 0 Å². The van der Waals surface area contributed by atoms with Crippen LogP contribution in [0.25, 0.3) is 11.0 Å². The maximum Gasteiger partial charge on any atom is 0.164 e. The van der Waals surface area contributed by atoms with Gasteiger partial charge in [0.25, 0.3) is 0 Å². The van der Waals surface area contributed by atoms with Crippen LogP contribution < -0.4 is 0 Å². The maximum absolute atomic E-state index is 8.49. The number of allylic oxidation sites excluding steroid dienone is 1. The molecule has 0 aliphatic rings. The molecular weight excluding hydrogens is 216 g/mol. The third kappa shape index (κ3) is 2.45. The molecule has 4 heteroatoms. The van der Waals surface area contributed by atoms with Crippen molar-refractivity contribution >= 4 is 11.0 Å². The van der Waals surface area contributed by atoms with Crippen LogP contribution in [0.4, 0.5) is 0 Å². The smallest absolute Gasteiger partial charge is 0.164 e. The normalized spacial score (nSPS) is 9.29. The molecular formula is C13H8N2O2. The second-order valence-corrected chi connectivity index (χ2v) is 3.32. The number of hydrogen-bond acceptors (Lipinski definition) is 4. The summed E-state index contributed by atoms with van der Waals surface area (Å²) in [5.41, 5.74) is 0.719. The highest BCUT2D eigenvalue weighted by Gasteiger charge is 2.02. The Kier molecular flexibility index (Phi) is 3.09. The van der Waals surface area contributed by atoms with E-state index in [9.17, 15) is 0 Å². The number of para-hydroxylation sites is 1. The van der Waals surface area contributed by atoms with Crippen LogP contribution in [0.15, 0.2) is 46.6 Å². The molecule has 0 aliphatic carbocycles. The standard InChI is InChI=1S/C13H8N2O2/c14-6-10(7-15)8-16-9-12-5-11-3-1-2-4-13(11)17-12/h1-5,8H,9H2. The Bertz CT molecular complexity index is 592. The number of hydrogen-bond donors (Lipinski definition) is 0. The first kappa shape index (κ1) is 10.8. The number of rotatable bonds is 3. The highest BCUT2D eigenvalue weighted by atomic mass is 16.5. The van der Waals surface area contributed by atoms with E-state index in [1.807, 2.05) is 30.3 Å². The Labute approximate surface area is 97.9 Å². The molecule has 0 radical (unpaired) electrons. The first-order valence-corrected chi connectivity index (χ1v) is 4.93. The Hall–Kier alpha value is -2.72. The van der Waals surface area contributed by atoms with Gasteiger partial charge >= 0.3 is 0 Å². The van der Waals surface area contributed by atoms with Gasteiger partial charge < -0.3 is 9.15 Å². The largest absolute Gasteiger partial charge is 0.491 e. The van der Waals surface area contributed by atoms with Crippen molar-refractivity contribution in [2.24, 2.45) is 0 Å². The van der Waals surface area contributed by atoms with Gasteiger partial charge in [-0.2, -0.15) is 10.5 Å². The first-order valence-electron chi connectivity index (χ1n) is 4.93.